The summed E-state index contributed by atoms with van der Waals surface area (Å²) in [5, 5.41) is 6.86. The van der Waals surface area contributed by atoms with E-state index in [1.54, 1.807) is 11.9 Å². The molecule has 0 aliphatic carbocycles. The normalized spacial score (nSPS) is 14.8. The van der Waals surface area contributed by atoms with Gasteiger partial charge in [-0.15, -0.1) is 0 Å². The van der Waals surface area contributed by atoms with Crippen LogP contribution in [0.2, 0.25) is 0 Å². The molecule has 0 atom stereocenters. The molecule has 1 amide bonds. The number of benzene rings is 2. The Hall–Kier alpha value is -3.06. The highest BCUT2D eigenvalue weighted by Crippen LogP contribution is 2.12. The third-order valence-corrected chi connectivity index (χ3v) is 5.42. The minimum atomic E-state index is -0.221. The highest BCUT2D eigenvalue weighted by molar-refractivity contribution is 5.80. The molecule has 2 N–H and O–H groups in total. The number of likely N-dealkylation sites (tertiary alicyclic amines) is 1. The second kappa shape index (κ2) is 12.7. The fourth-order valence-electron chi connectivity index (χ4n) is 3.69. The number of carbonyl (C=O) groups is 1. The average molecular weight is 439 g/mol. The van der Waals surface area contributed by atoms with E-state index in [9.17, 15) is 4.79 Å². The first kappa shape index (κ1) is 23.6. The zero-order chi connectivity index (χ0) is 22.6. The Balaban J connectivity index is 1.41. The number of ether oxygens (including phenoxy) is 2. The van der Waals surface area contributed by atoms with E-state index in [-0.39, 0.29) is 12.1 Å². The molecule has 1 saturated heterocycles. The Morgan fingerprint density at radius 3 is 2.44 bits per heavy atom. The van der Waals surface area contributed by atoms with Gasteiger partial charge in [0.1, 0.15) is 0 Å². The second-order valence-corrected chi connectivity index (χ2v) is 7.83. The Morgan fingerprint density at radius 1 is 1.03 bits per heavy atom. The summed E-state index contributed by atoms with van der Waals surface area (Å²) in [6.45, 7) is 5.48. The van der Waals surface area contributed by atoms with Crippen molar-refractivity contribution in [3.8, 4) is 0 Å². The van der Waals surface area contributed by atoms with Crippen LogP contribution in [0.5, 0.6) is 0 Å². The number of piperidine rings is 1. The summed E-state index contributed by atoms with van der Waals surface area (Å²) < 4.78 is 10.9. The van der Waals surface area contributed by atoms with Gasteiger partial charge in [-0.25, -0.2) is 4.79 Å². The zero-order valence-electron chi connectivity index (χ0n) is 19.0. The topological polar surface area (TPSA) is 75.2 Å². The molecule has 1 aliphatic heterocycles. The number of nitrogens with zero attached hydrogens (tertiary/aromatic N) is 2. The number of amides is 1. The van der Waals surface area contributed by atoms with Crippen LogP contribution in [0.15, 0.2) is 59.6 Å². The third kappa shape index (κ3) is 7.57. The first-order chi connectivity index (χ1) is 15.7. The van der Waals surface area contributed by atoms with Gasteiger partial charge in [-0.3, -0.25) is 4.99 Å². The molecule has 0 radical (unpaired) electrons. The molecule has 0 unspecified atom stereocenters. The number of guanidine groups is 1. The van der Waals surface area contributed by atoms with Gasteiger partial charge in [0.05, 0.1) is 19.8 Å². The Morgan fingerprint density at radius 2 is 1.72 bits per heavy atom. The van der Waals surface area contributed by atoms with Crippen LogP contribution in [-0.2, 0) is 29.2 Å². The predicted octanol–water partition coefficient (Wildman–Crippen LogP) is 3.69. The van der Waals surface area contributed by atoms with Crippen molar-refractivity contribution in [2.24, 2.45) is 4.99 Å². The molecule has 0 bridgehead atoms. The second-order valence-electron chi connectivity index (χ2n) is 7.83. The molecule has 3 rings (SSSR count). The van der Waals surface area contributed by atoms with E-state index < -0.39 is 0 Å². The summed E-state index contributed by atoms with van der Waals surface area (Å²) in [4.78, 5) is 18.0. The summed E-state index contributed by atoms with van der Waals surface area (Å²) in [6, 6.07) is 18.9. The Kier molecular flexibility index (Phi) is 9.37. The number of carbonyl (C=O) groups excluding carboxylic acids is 1. The summed E-state index contributed by atoms with van der Waals surface area (Å²) in [5.41, 5.74) is 3.49. The SMILES string of the molecule is CCOC(=O)N1CCC(NC(=NC)NCc2cccc(COCc3ccccc3)c2)CC1. The Labute approximate surface area is 190 Å². The fraction of sp³-hybridized carbons (Fsp3) is 0.440. The van der Waals surface area contributed by atoms with Crippen LogP contribution in [0.3, 0.4) is 0 Å². The summed E-state index contributed by atoms with van der Waals surface area (Å²) in [7, 11) is 1.77. The maximum atomic E-state index is 11.8. The number of aliphatic imine (C=N–C) groups is 1. The molecular weight excluding hydrogens is 404 g/mol. The van der Waals surface area contributed by atoms with Crippen molar-refractivity contribution in [2.45, 2.75) is 45.6 Å². The maximum absolute atomic E-state index is 11.8. The first-order valence-electron chi connectivity index (χ1n) is 11.3. The molecule has 7 nitrogen and oxygen atoms in total. The molecule has 0 aromatic heterocycles. The fourth-order valence-corrected chi connectivity index (χ4v) is 3.69. The molecule has 32 heavy (non-hydrogen) atoms. The van der Waals surface area contributed by atoms with E-state index in [0.29, 0.717) is 39.5 Å². The van der Waals surface area contributed by atoms with Crippen molar-refractivity contribution in [1.82, 2.24) is 15.5 Å². The van der Waals surface area contributed by atoms with Crippen LogP contribution in [0.4, 0.5) is 4.79 Å². The quantitative estimate of drug-likeness (QED) is 0.486. The minimum absolute atomic E-state index is 0.221. The molecule has 1 fully saturated rings. The van der Waals surface area contributed by atoms with E-state index in [1.807, 2.05) is 25.1 Å². The summed E-state index contributed by atoms with van der Waals surface area (Å²) >= 11 is 0. The maximum Gasteiger partial charge on any atom is 0.409 e. The van der Waals surface area contributed by atoms with Crippen molar-refractivity contribution in [1.29, 1.82) is 0 Å². The highest BCUT2D eigenvalue weighted by Gasteiger charge is 2.24. The van der Waals surface area contributed by atoms with E-state index in [1.165, 1.54) is 11.1 Å². The van der Waals surface area contributed by atoms with Gasteiger partial charge in [0.2, 0.25) is 0 Å². The lowest BCUT2D eigenvalue weighted by atomic mass is 10.1. The molecule has 0 spiro atoms. The number of hydrogen-bond acceptors (Lipinski definition) is 4. The average Bonchev–Trinajstić information content (AvgIpc) is 2.83. The molecule has 2 aromatic carbocycles. The third-order valence-electron chi connectivity index (χ3n) is 5.42. The van der Waals surface area contributed by atoms with Crippen molar-refractivity contribution in [2.75, 3.05) is 26.7 Å². The van der Waals surface area contributed by atoms with E-state index in [4.69, 9.17) is 9.47 Å². The standard InChI is InChI=1S/C25H34N4O3/c1-3-32-25(30)29-14-12-23(13-15-29)28-24(26-2)27-17-21-10-7-11-22(16-21)19-31-18-20-8-5-4-6-9-20/h4-11,16,23H,3,12-15,17-19H2,1-2H3,(H2,26,27,28). The van der Waals surface area contributed by atoms with Crippen molar-refractivity contribution < 1.29 is 14.3 Å². The highest BCUT2D eigenvalue weighted by atomic mass is 16.6. The molecule has 0 saturated carbocycles. The van der Waals surface area contributed by atoms with Crippen molar-refractivity contribution >= 4 is 12.1 Å². The monoisotopic (exact) mass is 438 g/mol. The van der Waals surface area contributed by atoms with Crippen LogP contribution in [0.25, 0.3) is 0 Å². The van der Waals surface area contributed by atoms with E-state index in [0.717, 1.165) is 24.4 Å². The molecule has 1 aliphatic rings. The largest absolute Gasteiger partial charge is 0.450 e. The molecular formula is C25H34N4O3. The predicted molar refractivity (Wildman–Crippen MR) is 126 cm³/mol. The minimum Gasteiger partial charge on any atom is -0.450 e. The van der Waals surface area contributed by atoms with Gasteiger partial charge >= 0.3 is 6.09 Å². The number of nitrogens with one attached hydrogen (secondary N) is 2. The van der Waals surface area contributed by atoms with Gasteiger partial charge in [0.15, 0.2) is 5.96 Å². The van der Waals surface area contributed by atoms with Gasteiger partial charge in [-0.1, -0.05) is 54.6 Å². The van der Waals surface area contributed by atoms with E-state index in [2.05, 4.69) is 52.0 Å². The lowest BCUT2D eigenvalue weighted by Gasteiger charge is -2.32. The molecule has 7 heteroatoms. The molecule has 172 valence electrons. The van der Waals surface area contributed by atoms with Crippen LogP contribution >= 0.6 is 0 Å². The first-order valence-corrected chi connectivity index (χ1v) is 11.3. The molecule has 1 heterocycles. The Bertz CT molecular complexity index is 865. The summed E-state index contributed by atoms with van der Waals surface area (Å²) in [6.07, 6.45) is 1.52. The zero-order valence-corrected chi connectivity index (χ0v) is 19.0. The van der Waals surface area contributed by atoms with Gasteiger partial charge < -0.3 is 25.0 Å². The van der Waals surface area contributed by atoms with Crippen LogP contribution in [-0.4, -0.2) is 49.7 Å². The van der Waals surface area contributed by atoms with Crippen molar-refractivity contribution in [3.63, 3.8) is 0 Å². The van der Waals surface area contributed by atoms with Gasteiger partial charge in [-0.2, -0.15) is 0 Å². The lowest BCUT2D eigenvalue weighted by molar-refractivity contribution is 0.0963. The number of rotatable bonds is 8. The van der Waals surface area contributed by atoms with Crippen LogP contribution in [0, 0.1) is 0 Å². The van der Waals surface area contributed by atoms with Crippen LogP contribution < -0.4 is 10.6 Å². The molecule has 2 aromatic rings. The van der Waals surface area contributed by atoms with E-state index >= 15 is 0 Å². The lowest BCUT2D eigenvalue weighted by Crippen LogP contribution is -2.49. The van der Waals surface area contributed by atoms with Gasteiger partial charge in [0.25, 0.3) is 0 Å². The van der Waals surface area contributed by atoms with Gasteiger partial charge in [0, 0.05) is 32.7 Å². The van der Waals surface area contributed by atoms with Crippen LogP contribution in [0.1, 0.15) is 36.5 Å². The van der Waals surface area contributed by atoms with Crippen molar-refractivity contribution in [3.05, 3.63) is 71.3 Å². The summed E-state index contributed by atoms with van der Waals surface area (Å²) in [5.74, 6) is 0.769. The smallest absolute Gasteiger partial charge is 0.409 e. The van der Waals surface area contributed by atoms with Gasteiger partial charge in [-0.05, 0) is 36.5 Å². The number of hydrogen-bond donors (Lipinski definition) is 2.